The molecule has 0 saturated carbocycles. The SMILES string of the molecule is CC(NCCCCN1CCCC1)C(=O)c1ccccc1. The van der Waals surface area contributed by atoms with Gasteiger partial charge in [-0.1, -0.05) is 30.3 Å². The van der Waals surface area contributed by atoms with Gasteiger partial charge in [-0.3, -0.25) is 4.79 Å². The van der Waals surface area contributed by atoms with E-state index in [4.69, 9.17) is 0 Å². The van der Waals surface area contributed by atoms with Gasteiger partial charge in [-0.2, -0.15) is 0 Å². The van der Waals surface area contributed by atoms with E-state index in [1.54, 1.807) is 0 Å². The number of carbonyl (C=O) groups excluding carboxylic acids is 1. The molecule has 1 N–H and O–H groups in total. The van der Waals surface area contributed by atoms with Crippen molar-refractivity contribution in [3.05, 3.63) is 35.9 Å². The van der Waals surface area contributed by atoms with Gasteiger partial charge in [0.2, 0.25) is 0 Å². The smallest absolute Gasteiger partial charge is 0.179 e. The second kappa shape index (κ2) is 8.18. The van der Waals surface area contributed by atoms with Gasteiger partial charge in [0.15, 0.2) is 5.78 Å². The molecule has 1 unspecified atom stereocenters. The third-order valence-corrected chi connectivity index (χ3v) is 4.00. The first-order chi connectivity index (χ1) is 9.77. The van der Waals surface area contributed by atoms with Gasteiger partial charge in [-0.05, 0) is 58.8 Å². The molecule has 1 aromatic rings. The minimum absolute atomic E-state index is 0.0933. The van der Waals surface area contributed by atoms with E-state index in [0.29, 0.717) is 0 Å². The minimum atomic E-state index is -0.0933. The Kier molecular flexibility index (Phi) is 6.22. The van der Waals surface area contributed by atoms with Crippen molar-refractivity contribution in [2.24, 2.45) is 0 Å². The summed E-state index contributed by atoms with van der Waals surface area (Å²) in [5.41, 5.74) is 0.796. The molecular weight excluding hydrogens is 248 g/mol. The highest BCUT2D eigenvalue weighted by atomic mass is 16.1. The molecule has 1 aliphatic heterocycles. The largest absolute Gasteiger partial charge is 0.307 e. The predicted molar refractivity (Wildman–Crippen MR) is 83.1 cm³/mol. The van der Waals surface area contributed by atoms with Crippen LogP contribution < -0.4 is 5.32 Å². The minimum Gasteiger partial charge on any atom is -0.307 e. The van der Waals surface area contributed by atoms with Crippen LogP contribution in [0.3, 0.4) is 0 Å². The van der Waals surface area contributed by atoms with Crippen LogP contribution in [0.1, 0.15) is 43.0 Å². The Morgan fingerprint density at radius 3 is 2.60 bits per heavy atom. The summed E-state index contributed by atoms with van der Waals surface area (Å²) in [4.78, 5) is 14.7. The lowest BCUT2D eigenvalue weighted by Crippen LogP contribution is -2.35. The van der Waals surface area contributed by atoms with E-state index in [2.05, 4.69) is 10.2 Å². The van der Waals surface area contributed by atoms with E-state index >= 15 is 0 Å². The molecule has 20 heavy (non-hydrogen) atoms. The molecule has 1 heterocycles. The predicted octanol–water partition coefficient (Wildman–Crippen LogP) is 2.72. The fraction of sp³-hybridized carbons (Fsp3) is 0.588. The van der Waals surface area contributed by atoms with Gasteiger partial charge >= 0.3 is 0 Å². The number of rotatable bonds is 8. The van der Waals surface area contributed by atoms with Crippen molar-refractivity contribution in [3.63, 3.8) is 0 Å². The van der Waals surface area contributed by atoms with Crippen LogP contribution in [0.2, 0.25) is 0 Å². The molecule has 0 aromatic heterocycles. The molecule has 1 aliphatic rings. The maximum atomic E-state index is 12.1. The van der Waals surface area contributed by atoms with Crippen molar-refractivity contribution in [3.8, 4) is 0 Å². The molecule has 0 amide bonds. The van der Waals surface area contributed by atoms with E-state index in [-0.39, 0.29) is 11.8 Å². The lowest BCUT2D eigenvalue weighted by Gasteiger charge is -2.15. The molecule has 110 valence electrons. The van der Waals surface area contributed by atoms with Crippen molar-refractivity contribution < 1.29 is 4.79 Å². The summed E-state index contributed by atoms with van der Waals surface area (Å²) in [6, 6.07) is 9.44. The molecular formula is C17H26N2O. The number of hydrogen-bond donors (Lipinski definition) is 1. The van der Waals surface area contributed by atoms with Crippen LogP contribution in [0.25, 0.3) is 0 Å². The number of hydrogen-bond acceptors (Lipinski definition) is 3. The summed E-state index contributed by atoms with van der Waals surface area (Å²) < 4.78 is 0. The van der Waals surface area contributed by atoms with Gasteiger partial charge in [0.25, 0.3) is 0 Å². The summed E-state index contributed by atoms with van der Waals surface area (Å²) >= 11 is 0. The standard InChI is InChI=1S/C17H26N2O/c1-15(17(20)16-9-3-2-4-10-16)18-11-5-6-12-19-13-7-8-14-19/h2-4,9-10,15,18H,5-8,11-14H2,1H3. The maximum Gasteiger partial charge on any atom is 0.179 e. The molecule has 0 spiro atoms. The molecule has 3 heteroatoms. The molecule has 0 bridgehead atoms. The summed E-state index contributed by atoms with van der Waals surface area (Å²) in [5.74, 6) is 0.185. The Labute approximate surface area is 122 Å². The lowest BCUT2D eigenvalue weighted by molar-refractivity contribution is 0.0951. The average molecular weight is 274 g/mol. The van der Waals surface area contributed by atoms with Crippen molar-refractivity contribution in [1.29, 1.82) is 0 Å². The zero-order chi connectivity index (χ0) is 14.2. The van der Waals surface area contributed by atoms with Crippen LogP contribution in [0, 0.1) is 0 Å². The van der Waals surface area contributed by atoms with Gasteiger partial charge in [0, 0.05) is 5.56 Å². The quantitative estimate of drug-likeness (QED) is 0.584. The van der Waals surface area contributed by atoms with Crippen molar-refractivity contribution in [2.45, 2.75) is 38.6 Å². The van der Waals surface area contributed by atoms with Crippen molar-refractivity contribution in [1.82, 2.24) is 10.2 Å². The van der Waals surface area contributed by atoms with Crippen LogP contribution in [0.4, 0.5) is 0 Å². The summed E-state index contributed by atoms with van der Waals surface area (Å²) in [6.07, 6.45) is 5.09. The number of carbonyl (C=O) groups is 1. The van der Waals surface area contributed by atoms with Crippen LogP contribution in [0.5, 0.6) is 0 Å². The first kappa shape index (κ1) is 15.2. The molecule has 1 fully saturated rings. The molecule has 0 radical (unpaired) electrons. The molecule has 1 saturated heterocycles. The average Bonchev–Trinajstić information content (AvgIpc) is 3.00. The van der Waals surface area contributed by atoms with E-state index in [1.807, 2.05) is 37.3 Å². The lowest BCUT2D eigenvalue weighted by atomic mass is 10.1. The monoisotopic (exact) mass is 274 g/mol. The topological polar surface area (TPSA) is 32.3 Å². The highest BCUT2D eigenvalue weighted by Crippen LogP contribution is 2.08. The Hall–Kier alpha value is -1.19. The molecule has 0 aliphatic carbocycles. The maximum absolute atomic E-state index is 12.1. The number of Topliss-reactive ketones (excluding diaryl/α,β-unsaturated/α-hetero) is 1. The number of ketones is 1. The van der Waals surface area contributed by atoms with Crippen LogP contribution in [-0.2, 0) is 0 Å². The van der Waals surface area contributed by atoms with Gasteiger partial charge < -0.3 is 10.2 Å². The Morgan fingerprint density at radius 1 is 1.20 bits per heavy atom. The molecule has 2 rings (SSSR count). The zero-order valence-electron chi connectivity index (χ0n) is 12.5. The van der Waals surface area contributed by atoms with Crippen molar-refractivity contribution >= 4 is 5.78 Å². The normalized spacial score (nSPS) is 17.2. The number of likely N-dealkylation sites (tertiary alicyclic amines) is 1. The van der Waals surface area contributed by atoms with Gasteiger partial charge in [0.05, 0.1) is 6.04 Å². The molecule has 3 nitrogen and oxygen atoms in total. The van der Waals surface area contributed by atoms with Crippen LogP contribution >= 0.6 is 0 Å². The summed E-state index contributed by atoms with van der Waals surface area (Å²) in [7, 11) is 0. The van der Waals surface area contributed by atoms with E-state index < -0.39 is 0 Å². The number of nitrogens with one attached hydrogen (secondary N) is 1. The Morgan fingerprint density at radius 2 is 1.90 bits per heavy atom. The van der Waals surface area contributed by atoms with Crippen molar-refractivity contribution in [2.75, 3.05) is 26.2 Å². The van der Waals surface area contributed by atoms with E-state index in [0.717, 1.165) is 18.5 Å². The van der Waals surface area contributed by atoms with Gasteiger partial charge in [-0.25, -0.2) is 0 Å². The summed E-state index contributed by atoms with van der Waals surface area (Å²) in [5, 5.41) is 3.34. The van der Waals surface area contributed by atoms with Gasteiger partial charge in [-0.15, -0.1) is 0 Å². The third-order valence-electron chi connectivity index (χ3n) is 4.00. The number of benzene rings is 1. The van der Waals surface area contributed by atoms with Gasteiger partial charge in [0.1, 0.15) is 0 Å². The number of nitrogens with zero attached hydrogens (tertiary/aromatic N) is 1. The van der Waals surface area contributed by atoms with E-state index in [9.17, 15) is 4.79 Å². The van der Waals surface area contributed by atoms with Crippen LogP contribution in [0.15, 0.2) is 30.3 Å². The van der Waals surface area contributed by atoms with E-state index in [1.165, 1.54) is 38.9 Å². The first-order valence-electron chi connectivity index (χ1n) is 7.82. The Bertz CT molecular complexity index is 399. The zero-order valence-corrected chi connectivity index (χ0v) is 12.5. The van der Waals surface area contributed by atoms with Crippen LogP contribution in [-0.4, -0.2) is 42.9 Å². The highest BCUT2D eigenvalue weighted by Gasteiger charge is 2.14. The summed E-state index contributed by atoms with van der Waals surface area (Å²) in [6.45, 7) is 6.64. The molecule has 1 aromatic carbocycles. The highest BCUT2D eigenvalue weighted by molar-refractivity contribution is 5.99. The number of unbranched alkanes of at least 4 members (excludes halogenated alkanes) is 1. The Balaban J connectivity index is 1.60. The first-order valence-corrected chi connectivity index (χ1v) is 7.82. The fourth-order valence-electron chi connectivity index (χ4n) is 2.73. The second-order valence-electron chi connectivity index (χ2n) is 5.66. The second-order valence-corrected chi connectivity index (χ2v) is 5.66. The fourth-order valence-corrected chi connectivity index (χ4v) is 2.73. The third kappa shape index (κ3) is 4.73. The molecule has 1 atom stereocenters.